The van der Waals surface area contributed by atoms with Crippen LogP contribution in [0, 0.1) is 0 Å². The van der Waals surface area contributed by atoms with Crippen molar-refractivity contribution in [1.29, 1.82) is 0 Å². The fourth-order valence-electron chi connectivity index (χ4n) is 1.06. The lowest BCUT2D eigenvalue weighted by Crippen LogP contribution is -2.59. The Labute approximate surface area is 118 Å². The third-order valence-electron chi connectivity index (χ3n) is 2.40. The average Bonchev–Trinajstić information content (AvgIpc) is 2.41. The molecule has 0 aliphatic carbocycles. The summed E-state index contributed by atoms with van der Waals surface area (Å²) in [5, 5.41) is 0. The van der Waals surface area contributed by atoms with Gasteiger partial charge in [-0.2, -0.15) is 26.3 Å². The van der Waals surface area contributed by atoms with E-state index >= 15 is 0 Å². The maximum Gasteiger partial charge on any atom is 0.381 e. The Morgan fingerprint density at radius 1 is 1.00 bits per heavy atom. The number of hydrogen-bond donors (Lipinski definition) is 1. The highest BCUT2D eigenvalue weighted by Crippen LogP contribution is 2.48. The Hall–Kier alpha value is -1.46. The fraction of sp³-hybridized carbons (Fsp3) is 0.800. The molecule has 0 rings (SSSR count). The number of ketones is 1. The van der Waals surface area contributed by atoms with Crippen LogP contribution in [-0.4, -0.2) is 49.1 Å². The molecular formula is C10H11F8NO3. The maximum absolute atomic E-state index is 13.0. The van der Waals surface area contributed by atoms with Crippen molar-refractivity contribution in [1.82, 2.24) is 0 Å². The number of Topliss-reactive ketones (excluding diaryl/α,β-unsaturated/α-hetero) is 1. The Balaban J connectivity index is 4.76. The van der Waals surface area contributed by atoms with Gasteiger partial charge in [0.25, 0.3) is 0 Å². The molecule has 12 heteroatoms. The lowest BCUT2D eigenvalue weighted by atomic mass is 10.1. The summed E-state index contributed by atoms with van der Waals surface area (Å²) in [6, 6.07) is 0. The number of hydrogen-bond acceptors (Lipinski definition) is 4. The standard InChI is InChI=1S/C10H11F8NO3/c11-7(12)9(15,16)10(17,18)8(13,14)4-22-6(21)2-1-5(20)3-19/h7H,1-4,19H2. The maximum atomic E-state index is 13.0. The Morgan fingerprint density at radius 3 is 1.91 bits per heavy atom. The van der Waals surface area contributed by atoms with Gasteiger partial charge in [-0.3, -0.25) is 9.59 Å². The van der Waals surface area contributed by atoms with Crippen molar-refractivity contribution in [2.45, 2.75) is 37.0 Å². The van der Waals surface area contributed by atoms with Gasteiger partial charge in [-0.05, 0) is 0 Å². The summed E-state index contributed by atoms with van der Waals surface area (Å²) in [5.41, 5.74) is 4.86. The molecule has 22 heavy (non-hydrogen) atoms. The highest BCUT2D eigenvalue weighted by molar-refractivity contribution is 5.84. The zero-order valence-electron chi connectivity index (χ0n) is 10.7. The van der Waals surface area contributed by atoms with E-state index in [1.54, 1.807) is 0 Å². The molecule has 130 valence electrons. The van der Waals surface area contributed by atoms with Gasteiger partial charge in [0.05, 0.1) is 13.0 Å². The molecule has 0 aromatic rings. The molecule has 2 N–H and O–H groups in total. The minimum atomic E-state index is -6.44. The van der Waals surface area contributed by atoms with Crippen LogP contribution in [0.3, 0.4) is 0 Å². The van der Waals surface area contributed by atoms with Crippen LogP contribution in [-0.2, 0) is 14.3 Å². The lowest BCUT2D eigenvalue weighted by molar-refractivity contribution is -0.344. The molecular weight excluding hydrogens is 334 g/mol. The third-order valence-corrected chi connectivity index (χ3v) is 2.40. The molecule has 0 aliphatic heterocycles. The van der Waals surface area contributed by atoms with Crippen molar-refractivity contribution < 1.29 is 49.4 Å². The van der Waals surface area contributed by atoms with Gasteiger partial charge in [0, 0.05) is 6.42 Å². The van der Waals surface area contributed by atoms with Crippen molar-refractivity contribution in [2.75, 3.05) is 13.2 Å². The van der Waals surface area contributed by atoms with Gasteiger partial charge < -0.3 is 10.5 Å². The van der Waals surface area contributed by atoms with Crippen LogP contribution in [0.2, 0.25) is 0 Å². The Bertz CT molecular complexity index is 413. The van der Waals surface area contributed by atoms with E-state index in [9.17, 15) is 44.7 Å². The first-order chi connectivity index (χ1) is 9.79. The molecule has 0 spiro atoms. The highest BCUT2D eigenvalue weighted by atomic mass is 19.4. The molecule has 0 aliphatic rings. The van der Waals surface area contributed by atoms with Crippen LogP contribution in [0.5, 0.6) is 0 Å². The number of alkyl halides is 8. The van der Waals surface area contributed by atoms with Gasteiger partial charge in [0.1, 0.15) is 5.78 Å². The van der Waals surface area contributed by atoms with E-state index in [4.69, 9.17) is 5.73 Å². The highest BCUT2D eigenvalue weighted by Gasteiger charge is 2.75. The lowest BCUT2D eigenvalue weighted by Gasteiger charge is -2.31. The molecule has 0 atom stereocenters. The monoisotopic (exact) mass is 345 g/mol. The molecule has 0 saturated heterocycles. The summed E-state index contributed by atoms with van der Waals surface area (Å²) in [5.74, 6) is -20.7. The van der Waals surface area contributed by atoms with Crippen molar-refractivity contribution in [3.8, 4) is 0 Å². The van der Waals surface area contributed by atoms with Gasteiger partial charge in [-0.1, -0.05) is 0 Å². The zero-order chi connectivity index (χ0) is 17.8. The first kappa shape index (κ1) is 20.5. The second-order valence-electron chi connectivity index (χ2n) is 4.11. The van der Waals surface area contributed by atoms with E-state index in [0.717, 1.165) is 0 Å². The minimum Gasteiger partial charge on any atom is -0.459 e. The molecule has 0 radical (unpaired) electrons. The molecule has 0 fully saturated rings. The minimum absolute atomic E-state index is 0.470. The summed E-state index contributed by atoms with van der Waals surface area (Å²) in [6.45, 7) is -3.01. The van der Waals surface area contributed by atoms with Crippen molar-refractivity contribution in [3.63, 3.8) is 0 Å². The van der Waals surface area contributed by atoms with E-state index in [1.807, 2.05) is 0 Å². The SMILES string of the molecule is NCC(=O)CCC(=O)OCC(F)(F)C(F)(F)C(F)(F)C(F)F. The Morgan fingerprint density at radius 2 is 1.50 bits per heavy atom. The topological polar surface area (TPSA) is 69.4 Å². The van der Waals surface area contributed by atoms with E-state index < -0.39 is 61.9 Å². The summed E-state index contributed by atoms with van der Waals surface area (Å²) >= 11 is 0. The largest absolute Gasteiger partial charge is 0.459 e. The van der Waals surface area contributed by atoms with Gasteiger partial charge in [-0.15, -0.1) is 0 Å². The van der Waals surface area contributed by atoms with Crippen LogP contribution in [0.4, 0.5) is 35.1 Å². The average molecular weight is 345 g/mol. The summed E-state index contributed by atoms with van der Waals surface area (Å²) in [4.78, 5) is 21.6. The third kappa shape index (κ3) is 4.52. The van der Waals surface area contributed by atoms with Crippen molar-refractivity contribution in [3.05, 3.63) is 0 Å². The number of rotatable bonds is 9. The van der Waals surface area contributed by atoms with E-state index in [2.05, 4.69) is 4.74 Å². The van der Waals surface area contributed by atoms with E-state index in [-0.39, 0.29) is 0 Å². The predicted molar refractivity (Wildman–Crippen MR) is 55.1 cm³/mol. The second kappa shape index (κ2) is 7.20. The van der Waals surface area contributed by atoms with Crippen LogP contribution >= 0.6 is 0 Å². The van der Waals surface area contributed by atoms with Crippen LogP contribution < -0.4 is 5.73 Å². The molecule has 0 amide bonds. The van der Waals surface area contributed by atoms with E-state index in [1.165, 1.54) is 0 Å². The fourth-order valence-corrected chi connectivity index (χ4v) is 1.06. The van der Waals surface area contributed by atoms with Crippen LogP contribution in [0.15, 0.2) is 0 Å². The molecule has 0 aromatic carbocycles. The Kier molecular flexibility index (Phi) is 6.72. The van der Waals surface area contributed by atoms with Crippen LogP contribution in [0.1, 0.15) is 12.8 Å². The number of esters is 1. The van der Waals surface area contributed by atoms with E-state index in [0.29, 0.717) is 0 Å². The zero-order valence-corrected chi connectivity index (χ0v) is 10.7. The smallest absolute Gasteiger partial charge is 0.381 e. The first-order valence-corrected chi connectivity index (χ1v) is 5.58. The quantitative estimate of drug-likeness (QED) is 0.513. The molecule has 4 nitrogen and oxygen atoms in total. The van der Waals surface area contributed by atoms with Crippen molar-refractivity contribution in [2.24, 2.45) is 5.73 Å². The molecule has 0 bridgehead atoms. The van der Waals surface area contributed by atoms with Gasteiger partial charge in [0.2, 0.25) is 0 Å². The molecule has 0 aromatic heterocycles. The molecule has 0 saturated carbocycles. The van der Waals surface area contributed by atoms with Crippen molar-refractivity contribution >= 4 is 11.8 Å². The number of halogens is 8. The normalized spacial score (nSPS) is 13.4. The van der Waals surface area contributed by atoms with Crippen LogP contribution in [0.25, 0.3) is 0 Å². The second-order valence-corrected chi connectivity index (χ2v) is 4.11. The number of carbonyl (C=O) groups excluding carboxylic acids is 2. The summed E-state index contributed by atoms with van der Waals surface area (Å²) < 4.78 is 104. The number of nitrogens with two attached hydrogens (primary N) is 1. The van der Waals surface area contributed by atoms with Gasteiger partial charge in [-0.25, -0.2) is 8.78 Å². The van der Waals surface area contributed by atoms with Gasteiger partial charge in [0.15, 0.2) is 6.61 Å². The molecule has 0 unspecified atom stereocenters. The first-order valence-electron chi connectivity index (χ1n) is 5.58. The predicted octanol–water partition coefficient (Wildman–Crippen LogP) is 2.01. The number of ether oxygens (including phenoxy) is 1. The summed E-state index contributed by atoms with van der Waals surface area (Å²) in [6.07, 6.45) is -6.39. The number of carbonyl (C=O) groups is 2. The summed E-state index contributed by atoms with van der Waals surface area (Å²) in [7, 11) is 0. The molecule has 0 heterocycles. The van der Waals surface area contributed by atoms with Gasteiger partial charge >= 0.3 is 30.2 Å².